The van der Waals surface area contributed by atoms with Crippen LogP contribution in [0.25, 0.3) is 11.0 Å². The number of methoxy groups -OCH3 is 1. The number of hydrogen-bond acceptors (Lipinski definition) is 7. The Hall–Kier alpha value is -2.46. The fourth-order valence-corrected chi connectivity index (χ4v) is 3.14. The predicted molar refractivity (Wildman–Crippen MR) is 98.2 cm³/mol. The maximum absolute atomic E-state index is 12.4. The van der Waals surface area contributed by atoms with Gasteiger partial charge < -0.3 is 19.6 Å². The Balaban J connectivity index is 2.25. The maximum atomic E-state index is 12.4. The summed E-state index contributed by atoms with van der Waals surface area (Å²) >= 11 is 8.20. The molecule has 0 unspecified atom stereocenters. The molecule has 2 N–H and O–H groups in total. The van der Waals surface area contributed by atoms with Gasteiger partial charge in [0.1, 0.15) is 27.1 Å². The molecule has 1 amide bonds. The monoisotopic (exact) mass is 425 g/mol. The van der Waals surface area contributed by atoms with Crippen LogP contribution in [0, 0.1) is 6.92 Å². The lowest BCUT2D eigenvalue weighted by molar-refractivity contribution is -0.124. The zero-order chi connectivity index (χ0) is 18.3. The molecule has 0 spiro atoms. The second-order valence-corrected chi connectivity index (χ2v) is 6.32. The Kier molecular flexibility index (Phi) is 4.48. The highest BCUT2D eigenvalue weighted by Crippen LogP contribution is 2.41. The van der Waals surface area contributed by atoms with Crippen LogP contribution in [0.1, 0.15) is 11.3 Å². The van der Waals surface area contributed by atoms with E-state index in [0.717, 1.165) is 5.01 Å². The first-order chi connectivity index (χ1) is 11.8. The van der Waals surface area contributed by atoms with Gasteiger partial charge in [-0.2, -0.15) is 10.1 Å². The number of halogens is 1. The number of ether oxygens (including phenoxy) is 1. The van der Waals surface area contributed by atoms with Crippen molar-refractivity contribution >= 4 is 56.4 Å². The first kappa shape index (κ1) is 17.4. The number of aromatic hydroxyl groups is 1. The molecular weight excluding hydrogens is 414 g/mol. The zero-order valence-corrected chi connectivity index (χ0v) is 15.5. The molecule has 0 radical (unpaired) electrons. The molecule has 1 aliphatic rings. The number of thiocarbonyl (C=S) groups is 1. The number of nitrogens with zero attached hydrogens (tertiary/aromatic N) is 2. The molecule has 2 aromatic rings. The van der Waals surface area contributed by atoms with Gasteiger partial charge in [0.05, 0.1) is 25.4 Å². The van der Waals surface area contributed by atoms with E-state index >= 15 is 0 Å². The van der Waals surface area contributed by atoms with Crippen molar-refractivity contribution in [3.05, 3.63) is 32.1 Å². The quantitative estimate of drug-likeness (QED) is 0.568. The Bertz CT molecular complexity index is 985. The Labute approximate surface area is 155 Å². The van der Waals surface area contributed by atoms with Crippen LogP contribution in [0.3, 0.4) is 0 Å². The van der Waals surface area contributed by atoms with Crippen LogP contribution in [0.5, 0.6) is 11.5 Å². The number of aryl methyl sites for hydroxylation is 1. The van der Waals surface area contributed by atoms with Gasteiger partial charge in [0, 0.05) is 6.07 Å². The summed E-state index contributed by atoms with van der Waals surface area (Å²) in [6, 6.07) is 1.32. The Morgan fingerprint density at radius 3 is 2.84 bits per heavy atom. The number of hydrogen-bond donors (Lipinski definition) is 2. The normalized spacial score (nSPS) is 14.6. The lowest BCUT2D eigenvalue weighted by atomic mass is 10.1. The minimum Gasteiger partial charge on any atom is -0.506 e. The molecule has 130 valence electrons. The number of rotatable bonds is 3. The number of amides is 1. The van der Waals surface area contributed by atoms with Gasteiger partial charge in [0.25, 0.3) is 5.91 Å². The zero-order valence-electron chi connectivity index (χ0n) is 13.1. The van der Waals surface area contributed by atoms with Crippen LogP contribution in [0.4, 0.5) is 0 Å². The summed E-state index contributed by atoms with van der Waals surface area (Å²) in [7, 11) is 1.35. The molecule has 0 bridgehead atoms. The summed E-state index contributed by atoms with van der Waals surface area (Å²) in [5.74, 6) is -0.110. The number of phenols is 1. The topological polar surface area (TPSA) is 104 Å². The van der Waals surface area contributed by atoms with Gasteiger partial charge >= 0.3 is 0 Å². The highest BCUT2D eigenvalue weighted by molar-refractivity contribution is 9.10. The van der Waals surface area contributed by atoms with E-state index in [1.807, 2.05) is 0 Å². The Morgan fingerprint density at radius 1 is 1.52 bits per heavy atom. The molecule has 1 fully saturated rings. The van der Waals surface area contributed by atoms with Crippen LogP contribution in [0.2, 0.25) is 0 Å². The van der Waals surface area contributed by atoms with E-state index in [1.54, 1.807) is 6.92 Å². The first-order valence-electron chi connectivity index (χ1n) is 7.02. The average Bonchev–Trinajstić information content (AvgIpc) is 2.88. The van der Waals surface area contributed by atoms with Crippen molar-refractivity contribution in [3.8, 4) is 11.5 Å². The van der Waals surface area contributed by atoms with Crippen molar-refractivity contribution in [2.24, 2.45) is 5.10 Å². The number of hydrazone groups is 1. The molecule has 1 aliphatic heterocycles. The van der Waals surface area contributed by atoms with E-state index in [2.05, 4.69) is 26.3 Å². The first-order valence-corrected chi connectivity index (χ1v) is 8.23. The van der Waals surface area contributed by atoms with E-state index in [0.29, 0.717) is 5.76 Å². The average molecular weight is 426 g/mol. The highest BCUT2D eigenvalue weighted by Gasteiger charge is 2.26. The molecule has 1 aromatic heterocycles. The second-order valence-electron chi connectivity index (χ2n) is 5.14. The predicted octanol–water partition coefficient (Wildman–Crippen LogP) is 1.63. The third-order valence-electron chi connectivity index (χ3n) is 3.53. The summed E-state index contributed by atoms with van der Waals surface area (Å²) in [5, 5.41) is 18.4. The van der Waals surface area contributed by atoms with Gasteiger partial charge in [-0.25, -0.2) is 0 Å². The summed E-state index contributed by atoms with van der Waals surface area (Å²) in [4.78, 5) is 24.1. The minimum atomic E-state index is -0.338. The number of benzene rings is 1. The number of phenolic OH excluding ortho intramolecular Hbond substituents is 1. The van der Waals surface area contributed by atoms with Crippen molar-refractivity contribution < 1.29 is 19.1 Å². The molecule has 2 heterocycles. The number of carbonyl (C=O) groups excluding carboxylic acids is 1. The van der Waals surface area contributed by atoms with Crippen LogP contribution in [-0.2, 0) is 4.79 Å². The number of carbonyl (C=O) groups is 1. The van der Waals surface area contributed by atoms with Crippen molar-refractivity contribution in [2.75, 3.05) is 13.7 Å². The molecule has 1 saturated heterocycles. The standard InChI is InChI=1S/C15H12BrN3O5S/c1-6-3-8(20)10-13(23-2)7(12(22)11(16)14(10)24-6)4-18-19-9(21)5-17-15(19)25/h3-4,22H,5H2,1-2H3,(H,17,25)/b18-4+. The molecular formula is C15H12BrN3O5S. The largest absolute Gasteiger partial charge is 0.506 e. The molecule has 8 nitrogen and oxygen atoms in total. The van der Waals surface area contributed by atoms with Gasteiger partial charge in [-0.1, -0.05) is 0 Å². The summed E-state index contributed by atoms with van der Waals surface area (Å²) in [6.45, 7) is 1.67. The number of nitrogens with one attached hydrogen (secondary N) is 1. The number of fused-ring (bicyclic) bond motifs is 1. The molecule has 0 atom stereocenters. The van der Waals surface area contributed by atoms with Crippen LogP contribution in [0.15, 0.2) is 24.9 Å². The van der Waals surface area contributed by atoms with E-state index in [9.17, 15) is 14.7 Å². The van der Waals surface area contributed by atoms with Gasteiger partial charge in [-0.05, 0) is 35.1 Å². The fourth-order valence-electron chi connectivity index (χ4n) is 2.43. The van der Waals surface area contributed by atoms with Gasteiger partial charge in [-0.15, -0.1) is 0 Å². The highest BCUT2D eigenvalue weighted by atomic mass is 79.9. The van der Waals surface area contributed by atoms with Crippen molar-refractivity contribution in [1.29, 1.82) is 0 Å². The van der Waals surface area contributed by atoms with Crippen molar-refractivity contribution in [2.45, 2.75) is 6.92 Å². The van der Waals surface area contributed by atoms with E-state index < -0.39 is 0 Å². The smallest absolute Gasteiger partial charge is 0.268 e. The summed E-state index contributed by atoms with van der Waals surface area (Å²) < 4.78 is 11.0. The molecule has 3 rings (SSSR count). The van der Waals surface area contributed by atoms with Crippen molar-refractivity contribution in [3.63, 3.8) is 0 Å². The van der Waals surface area contributed by atoms with E-state index in [4.69, 9.17) is 21.4 Å². The maximum Gasteiger partial charge on any atom is 0.268 e. The SMILES string of the molecule is COc1c(/C=N/N2C(=O)CNC2=S)c(O)c(Br)c2oc(C)cc(=O)c12. The van der Waals surface area contributed by atoms with Crippen molar-refractivity contribution in [1.82, 2.24) is 10.3 Å². The fraction of sp³-hybridized carbons (Fsp3) is 0.200. The minimum absolute atomic E-state index is 0.0452. The van der Waals surface area contributed by atoms with Gasteiger partial charge in [-0.3, -0.25) is 9.59 Å². The lowest BCUT2D eigenvalue weighted by Gasteiger charge is -2.13. The van der Waals surface area contributed by atoms with Gasteiger partial charge in [0.15, 0.2) is 16.1 Å². The Morgan fingerprint density at radius 2 is 2.24 bits per heavy atom. The van der Waals surface area contributed by atoms with Gasteiger partial charge in [0.2, 0.25) is 0 Å². The third-order valence-corrected chi connectivity index (χ3v) is 4.58. The van der Waals surface area contributed by atoms with Crippen LogP contribution in [-0.4, -0.2) is 41.0 Å². The van der Waals surface area contributed by atoms with Crippen LogP contribution >= 0.6 is 28.1 Å². The summed E-state index contributed by atoms with van der Waals surface area (Å²) in [5.41, 5.74) is -0.0631. The second kappa shape index (κ2) is 6.45. The molecule has 1 aromatic carbocycles. The van der Waals surface area contributed by atoms with Crippen LogP contribution < -0.4 is 15.5 Å². The summed E-state index contributed by atoms with van der Waals surface area (Å²) in [6.07, 6.45) is 1.20. The van der Waals surface area contributed by atoms with E-state index in [1.165, 1.54) is 19.4 Å². The van der Waals surface area contributed by atoms with E-state index in [-0.39, 0.29) is 55.5 Å². The molecule has 0 saturated carbocycles. The lowest BCUT2D eigenvalue weighted by Crippen LogP contribution is -2.25. The third kappa shape index (κ3) is 2.87. The molecule has 0 aliphatic carbocycles. The molecule has 25 heavy (non-hydrogen) atoms. The molecule has 10 heteroatoms.